The summed E-state index contributed by atoms with van der Waals surface area (Å²) in [5.74, 6) is 0. The molecule has 0 aromatic carbocycles. The van der Waals surface area contributed by atoms with E-state index in [1.807, 2.05) is 0 Å². The van der Waals surface area contributed by atoms with Gasteiger partial charge in [-0.1, -0.05) is 6.42 Å². The average Bonchev–Trinajstić information content (AvgIpc) is 1.81. The first kappa shape index (κ1) is 7.63. The molecule has 0 rings (SSSR count). The van der Waals surface area contributed by atoms with Crippen molar-refractivity contribution in [3.63, 3.8) is 0 Å². The molecule has 0 atom stereocenters. The smallest absolute Gasteiger partial charge is 0.136 e. The Bertz CT molecular complexity index is 52.5. The van der Waals surface area contributed by atoms with Crippen LogP contribution in [0.25, 0.3) is 0 Å². The van der Waals surface area contributed by atoms with E-state index in [2.05, 4.69) is 0 Å². The third-order valence-electron chi connectivity index (χ3n) is 1.07. The maximum atomic E-state index is 5.27. The van der Waals surface area contributed by atoms with Crippen LogP contribution in [0.1, 0.15) is 25.7 Å². The fourth-order valence-electron chi connectivity index (χ4n) is 0.583. The molecule has 0 heterocycles. The normalized spacial score (nSPS) is 9.12. The topological polar surface area (TPSA) is 51.6 Å². The first-order valence-electron chi connectivity index (χ1n) is 3.15. The maximum absolute atomic E-state index is 5.27. The minimum Gasteiger partial charge on any atom is -0.330 e. The Morgan fingerprint density at radius 2 is 2.00 bits per heavy atom. The van der Waals surface area contributed by atoms with Crippen LogP contribution in [0.2, 0.25) is 0 Å². The zero-order chi connectivity index (χ0) is 6.24. The Kier molecular flexibility index (Phi) is 6.32. The van der Waals surface area contributed by atoms with E-state index in [0.717, 1.165) is 19.4 Å². The summed E-state index contributed by atoms with van der Waals surface area (Å²) in [6.45, 7) is 0.810. The number of hydrogen-bond donors (Lipinski definition) is 2. The monoisotopic (exact) mass is 115 g/mol. The number of hydrogen-bond acceptors (Lipinski definition) is 1. The lowest BCUT2D eigenvalue weighted by atomic mass is 10.2. The van der Waals surface area contributed by atoms with E-state index < -0.39 is 0 Å². The van der Waals surface area contributed by atoms with E-state index in [1.54, 1.807) is 6.21 Å². The zero-order valence-corrected chi connectivity index (χ0v) is 5.27. The highest BCUT2D eigenvalue weighted by Crippen LogP contribution is 1.94. The second-order valence-electron chi connectivity index (χ2n) is 1.87. The van der Waals surface area contributed by atoms with E-state index in [9.17, 15) is 0 Å². The maximum Gasteiger partial charge on any atom is 0.136 e. The molecule has 2 nitrogen and oxygen atoms in total. The molecular formula is C6H15N2+. The van der Waals surface area contributed by atoms with Crippen LogP contribution in [0, 0.1) is 0 Å². The van der Waals surface area contributed by atoms with Crippen LogP contribution in [-0.4, -0.2) is 12.8 Å². The second kappa shape index (κ2) is 6.63. The van der Waals surface area contributed by atoms with Gasteiger partial charge < -0.3 is 5.73 Å². The van der Waals surface area contributed by atoms with Crippen molar-refractivity contribution in [2.45, 2.75) is 25.7 Å². The molecule has 0 aromatic rings. The SMILES string of the molecule is NCCCCCC=[NH2+]. The quantitative estimate of drug-likeness (QED) is 0.362. The highest BCUT2D eigenvalue weighted by Gasteiger charge is 1.84. The van der Waals surface area contributed by atoms with Crippen LogP contribution in [0.4, 0.5) is 0 Å². The molecule has 0 aliphatic carbocycles. The molecule has 8 heavy (non-hydrogen) atoms. The lowest BCUT2D eigenvalue weighted by molar-refractivity contribution is -0.107. The minimum absolute atomic E-state index is 0.810. The molecule has 0 radical (unpaired) electrons. The summed E-state index contributed by atoms with van der Waals surface area (Å²) >= 11 is 0. The molecule has 0 unspecified atom stereocenters. The van der Waals surface area contributed by atoms with E-state index in [4.69, 9.17) is 11.1 Å². The molecular weight excluding hydrogens is 100 g/mol. The van der Waals surface area contributed by atoms with Gasteiger partial charge in [-0.05, 0) is 19.4 Å². The lowest BCUT2D eigenvalue weighted by Gasteiger charge is -1.90. The largest absolute Gasteiger partial charge is 0.330 e. The highest BCUT2D eigenvalue weighted by molar-refractivity contribution is 5.48. The summed E-state index contributed by atoms with van der Waals surface area (Å²) in [6, 6.07) is 0. The van der Waals surface area contributed by atoms with Crippen molar-refractivity contribution in [3.8, 4) is 0 Å². The van der Waals surface area contributed by atoms with Gasteiger partial charge in [0.1, 0.15) is 6.21 Å². The Balaban J connectivity index is 2.62. The fourth-order valence-corrected chi connectivity index (χ4v) is 0.583. The van der Waals surface area contributed by atoms with Crippen LogP contribution < -0.4 is 11.1 Å². The standard InChI is InChI=1S/C6H14N2/c7-5-3-1-2-4-6-8/h5,7H,1-4,6,8H2/p+1. The summed E-state index contributed by atoms with van der Waals surface area (Å²) in [4.78, 5) is 0. The number of rotatable bonds is 5. The summed E-state index contributed by atoms with van der Waals surface area (Å²) in [6.07, 6.45) is 6.27. The van der Waals surface area contributed by atoms with Gasteiger partial charge in [-0.25, -0.2) is 0 Å². The van der Waals surface area contributed by atoms with Gasteiger partial charge in [0.2, 0.25) is 0 Å². The number of unbranched alkanes of at least 4 members (excludes halogenated alkanes) is 3. The first-order chi connectivity index (χ1) is 3.91. The second-order valence-corrected chi connectivity index (χ2v) is 1.87. The van der Waals surface area contributed by atoms with Crippen molar-refractivity contribution in [2.75, 3.05) is 6.54 Å². The van der Waals surface area contributed by atoms with Crippen LogP contribution in [0.3, 0.4) is 0 Å². The molecule has 0 fully saturated rings. The Morgan fingerprint density at radius 3 is 2.50 bits per heavy atom. The van der Waals surface area contributed by atoms with Crippen molar-refractivity contribution in [1.82, 2.24) is 0 Å². The molecule has 0 amide bonds. The number of nitrogens with two attached hydrogens (primary N) is 2. The van der Waals surface area contributed by atoms with Gasteiger partial charge in [0.05, 0.1) is 0 Å². The van der Waals surface area contributed by atoms with Gasteiger partial charge in [0, 0.05) is 6.42 Å². The van der Waals surface area contributed by atoms with Gasteiger partial charge in [0.25, 0.3) is 0 Å². The first-order valence-corrected chi connectivity index (χ1v) is 3.15. The zero-order valence-electron chi connectivity index (χ0n) is 5.27. The van der Waals surface area contributed by atoms with Crippen molar-refractivity contribution in [1.29, 1.82) is 0 Å². The van der Waals surface area contributed by atoms with Crippen LogP contribution >= 0.6 is 0 Å². The van der Waals surface area contributed by atoms with Gasteiger partial charge in [-0.15, -0.1) is 0 Å². The molecule has 0 aliphatic rings. The molecule has 0 saturated carbocycles. The average molecular weight is 115 g/mol. The molecule has 48 valence electrons. The summed E-state index contributed by atoms with van der Waals surface area (Å²) in [5, 5.41) is 5.15. The van der Waals surface area contributed by atoms with E-state index in [1.165, 1.54) is 12.8 Å². The van der Waals surface area contributed by atoms with E-state index >= 15 is 0 Å². The third kappa shape index (κ3) is 5.63. The minimum atomic E-state index is 0.810. The summed E-state index contributed by atoms with van der Waals surface area (Å²) < 4.78 is 0. The fraction of sp³-hybridized carbons (Fsp3) is 0.833. The van der Waals surface area contributed by atoms with Gasteiger partial charge in [-0.2, -0.15) is 0 Å². The van der Waals surface area contributed by atoms with Gasteiger partial charge >= 0.3 is 0 Å². The highest BCUT2D eigenvalue weighted by atomic mass is 14.5. The summed E-state index contributed by atoms with van der Waals surface area (Å²) in [7, 11) is 0. The Hall–Kier alpha value is -0.370. The van der Waals surface area contributed by atoms with Crippen molar-refractivity contribution in [3.05, 3.63) is 0 Å². The molecule has 0 aliphatic heterocycles. The third-order valence-corrected chi connectivity index (χ3v) is 1.07. The van der Waals surface area contributed by atoms with Gasteiger partial charge in [-0.3, -0.25) is 5.41 Å². The summed E-state index contributed by atoms with van der Waals surface area (Å²) in [5.41, 5.74) is 5.27. The predicted molar refractivity (Wildman–Crippen MR) is 35.5 cm³/mol. The van der Waals surface area contributed by atoms with Crippen molar-refractivity contribution < 1.29 is 5.41 Å². The Morgan fingerprint density at radius 1 is 1.25 bits per heavy atom. The van der Waals surface area contributed by atoms with E-state index in [0.29, 0.717) is 0 Å². The van der Waals surface area contributed by atoms with Crippen molar-refractivity contribution >= 4 is 6.21 Å². The van der Waals surface area contributed by atoms with Crippen LogP contribution in [0.15, 0.2) is 0 Å². The lowest BCUT2D eigenvalue weighted by Crippen LogP contribution is -2.29. The van der Waals surface area contributed by atoms with Crippen LogP contribution in [0.5, 0.6) is 0 Å². The van der Waals surface area contributed by atoms with Crippen molar-refractivity contribution in [2.24, 2.45) is 5.73 Å². The van der Waals surface area contributed by atoms with Crippen LogP contribution in [-0.2, 0) is 0 Å². The van der Waals surface area contributed by atoms with E-state index in [-0.39, 0.29) is 0 Å². The Labute approximate surface area is 50.6 Å². The molecule has 0 spiro atoms. The molecule has 4 N–H and O–H groups in total. The molecule has 0 bridgehead atoms. The predicted octanol–water partition coefficient (Wildman–Crippen LogP) is -0.665. The molecule has 0 aromatic heterocycles. The molecule has 0 saturated heterocycles. The molecule has 2 heteroatoms. The van der Waals surface area contributed by atoms with Gasteiger partial charge in [0.15, 0.2) is 0 Å².